The topological polar surface area (TPSA) is 20.2 Å². The van der Waals surface area contributed by atoms with E-state index < -0.39 is 13.7 Å². The molecule has 18 heavy (non-hydrogen) atoms. The quantitative estimate of drug-likeness (QED) is 0.405. The van der Waals surface area contributed by atoms with E-state index in [1.807, 2.05) is 0 Å². The van der Waals surface area contributed by atoms with Gasteiger partial charge in [-0.3, -0.25) is 0 Å². The molecule has 0 aromatic heterocycles. The molecule has 1 N–H and O–H groups in total. The summed E-state index contributed by atoms with van der Waals surface area (Å²) in [5.74, 6) is 0. The van der Waals surface area contributed by atoms with Gasteiger partial charge in [0.05, 0.1) is 20.7 Å². The van der Waals surface area contributed by atoms with Crippen LogP contribution in [0.4, 0.5) is 0 Å². The number of aliphatic hydroxyl groups is 1. The van der Waals surface area contributed by atoms with Gasteiger partial charge in [0.1, 0.15) is 0 Å². The van der Waals surface area contributed by atoms with Gasteiger partial charge in [0.25, 0.3) is 0 Å². The lowest BCUT2D eigenvalue weighted by atomic mass is 9.98. The smallest absolute Gasteiger partial charge is 0.0984 e. The van der Waals surface area contributed by atoms with E-state index in [9.17, 15) is 5.11 Å². The van der Waals surface area contributed by atoms with Crippen molar-refractivity contribution in [3.63, 3.8) is 0 Å². The molecule has 0 saturated heterocycles. The van der Waals surface area contributed by atoms with E-state index in [1.165, 1.54) is 0 Å². The lowest BCUT2D eigenvalue weighted by molar-refractivity contribution is 0.0838. The third-order valence-corrected chi connectivity index (χ3v) is 6.45. The summed E-state index contributed by atoms with van der Waals surface area (Å²) in [7, 11) is -1.47. The average molecular weight is 391 g/mol. The lowest BCUT2D eigenvalue weighted by Gasteiger charge is -2.33. The Morgan fingerprint density at radius 3 is 2.17 bits per heavy atom. The van der Waals surface area contributed by atoms with Crippen molar-refractivity contribution in [2.45, 2.75) is 31.3 Å². The van der Waals surface area contributed by atoms with Crippen LogP contribution in [0.1, 0.15) is 5.56 Å². The summed E-state index contributed by atoms with van der Waals surface area (Å²) in [6.45, 7) is 6.60. The molecule has 1 nitrogen and oxygen atoms in total. The number of rotatable bonds is 4. The molecule has 0 fully saturated rings. The molecule has 1 atom stereocenters. The Balaban J connectivity index is 3.29. The Labute approximate surface area is 133 Å². The molecule has 1 rings (SSSR count). The zero-order chi connectivity index (χ0) is 14.1. The molecule has 0 aliphatic heterocycles. The van der Waals surface area contributed by atoms with Gasteiger partial charge in [-0.15, -0.1) is 0 Å². The maximum Gasteiger partial charge on any atom is 0.0984 e. The first-order chi connectivity index (χ1) is 8.10. The molecule has 102 valence electrons. The molecule has 0 spiro atoms. The van der Waals surface area contributed by atoms with Gasteiger partial charge < -0.3 is 5.11 Å². The molecule has 0 amide bonds. The summed E-state index contributed by atoms with van der Waals surface area (Å²) in [5, 5.41) is 12.3. The second-order valence-electron chi connectivity index (χ2n) is 5.63. The van der Waals surface area contributed by atoms with Crippen LogP contribution in [0.25, 0.3) is 0 Å². The molecule has 0 radical (unpaired) electrons. The maximum absolute atomic E-state index is 10.8. The van der Waals surface area contributed by atoms with Crippen LogP contribution in [0.15, 0.2) is 12.1 Å². The van der Waals surface area contributed by atoms with Crippen LogP contribution < -0.4 is 0 Å². The summed E-state index contributed by atoms with van der Waals surface area (Å²) < 4.78 is 0. The molecule has 1 aromatic carbocycles. The molecular weight excluding hydrogens is 374 g/mol. The molecule has 0 aliphatic carbocycles. The van der Waals surface area contributed by atoms with Crippen LogP contribution in [0.3, 0.4) is 0 Å². The first kappa shape index (κ1) is 16.8. The van der Waals surface area contributed by atoms with Crippen molar-refractivity contribution in [2.24, 2.45) is 0 Å². The minimum Gasteiger partial charge on any atom is -0.385 e. The van der Waals surface area contributed by atoms with Gasteiger partial charge in [0.2, 0.25) is 0 Å². The fraction of sp³-hybridized carbons (Fsp3) is 0.500. The maximum atomic E-state index is 10.8. The standard InChI is InChI=1S/C12H16BrCl3OSi/c1-18(2,3)7-12(17,6-13)8-4-5-9(14)11(16)10(8)15/h4-5,17H,6-7H2,1-3H3. The van der Waals surface area contributed by atoms with Crippen molar-refractivity contribution in [3.05, 3.63) is 32.8 Å². The number of hydrogen-bond donors (Lipinski definition) is 1. The largest absolute Gasteiger partial charge is 0.385 e. The SMILES string of the molecule is C[Si](C)(C)CC(O)(CBr)c1ccc(Cl)c(Cl)c1Cl. The number of alkyl halides is 1. The average Bonchev–Trinajstić information content (AvgIpc) is 2.23. The minimum atomic E-state index is -1.47. The van der Waals surface area contributed by atoms with Crippen molar-refractivity contribution in [1.82, 2.24) is 0 Å². The summed E-state index contributed by atoms with van der Waals surface area (Å²) in [6.07, 6.45) is 0. The third-order valence-electron chi connectivity index (χ3n) is 2.58. The van der Waals surface area contributed by atoms with E-state index in [1.54, 1.807) is 12.1 Å². The Hall–Kier alpha value is 0.747. The van der Waals surface area contributed by atoms with Crippen molar-refractivity contribution in [2.75, 3.05) is 5.33 Å². The molecule has 0 saturated carbocycles. The fourth-order valence-corrected chi connectivity index (χ4v) is 5.62. The normalized spacial score (nSPS) is 15.6. The molecule has 6 heteroatoms. The van der Waals surface area contributed by atoms with Gasteiger partial charge in [-0.2, -0.15) is 0 Å². The van der Waals surface area contributed by atoms with Crippen molar-refractivity contribution >= 4 is 58.8 Å². The highest BCUT2D eigenvalue weighted by atomic mass is 79.9. The zero-order valence-electron chi connectivity index (χ0n) is 10.5. The molecule has 0 heterocycles. The van der Waals surface area contributed by atoms with Gasteiger partial charge in [0, 0.05) is 19.0 Å². The van der Waals surface area contributed by atoms with E-state index in [4.69, 9.17) is 34.8 Å². The fourth-order valence-electron chi connectivity index (χ4n) is 1.98. The highest BCUT2D eigenvalue weighted by molar-refractivity contribution is 9.09. The van der Waals surface area contributed by atoms with E-state index in [-0.39, 0.29) is 0 Å². The van der Waals surface area contributed by atoms with Crippen LogP contribution in [0, 0.1) is 0 Å². The predicted octanol–water partition coefficient (Wildman–Crippen LogP) is 5.57. The van der Waals surface area contributed by atoms with Crippen LogP contribution in [-0.2, 0) is 5.60 Å². The summed E-state index contributed by atoms with van der Waals surface area (Å²) in [5.41, 5.74) is -0.367. The Morgan fingerprint density at radius 2 is 1.72 bits per heavy atom. The highest BCUT2D eigenvalue weighted by Gasteiger charge is 2.36. The van der Waals surface area contributed by atoms with Crippen LogP contribution in [0.5, 0.6) is 0 Å². The summed E-state index contributed by atoms with van der Waals surface area (Å²) >= 11 is 21.5. The Kier molecular flexibility index (Phi) is 5.62. The van der Waals surface area contributed by atoms with Gasteiger partial charge in [-0.25, -0.2) is 0 Å². The number of halogens is 4. The molecule has 1 aromatic rings. The van der Waals surface area contributed by atoms with Crippen molar-refractivity contribution in [1.29, 1.82) is 0 Å². The Morgan fingerprint density at radius 1 is 1.17 bits per heavy atom. The summed E-state index contributed by atoms with van der Waals surface area (Å²) in [6, 6.07) is 4.11. The van der Waals surface area contributed by atoms with E-state index in [0.717, 1.165) is 0 Å². The van der Waals surface area contributed by atoms with Gasteiger partial charge >= 0.3 is 0 Å². The van der Waals surface area contributed by atoms with E-state index >= 15 is 0 Å². The Bertz CT molecular complexity index is 448. The zero-order valence-corrected chi connectivity index (χ0v) is 15.4. The third kappa shape index (κ3) is 3.87. The molecule has 0 bridgehead atoms. The van der Waals surface area contributed by atoms with E-state index in [2.05, 4.69) is 35.6 Å². The second kappa shape index (κ2) is 6.02. The minimum absolute atomic E-state index is 0.297. The molecule has 0 aliphatic rings. The number of benzene rings is 1. The van der Waals surface area contributed by atoms with Crippen LogP contribution >= 0.6 is 50.7 Å². The first-order valence-corrected chi connectivity index (χ1v) is 11.5. The first-order valence-electron chi connectivity index (χ1n) is 5.53. The predicted molar refractivity (Wildman–Crippen MR) is 87.3 cm³/mol. The second-order valence-corrected chi connectivity index (χ2v) is 12.8. The molecular formula is C12H16BrCl3OSi. The summed E-state index contributed by atoms with van der Waals surface area (Å²) in [4.78, 5) is 0. The monoisotopic (exact) mass is 388 g/mol. The highest BCUT2D eigenvalue weighted by Crippen LogP contribution is 2.41. The van der Waals surface area contributed by atoms with E-state index in [0.29, 0.717) is 32.0 Å². The lowest BCUT2D eigenvalue weighted by Crippen LogP contribution is -2.37. The van der Waals surface area contributed by atoms with Crippen molar-refractivity contribution in [3.8, 4) is 0 Å². The number of hydrogen-bond acceptors (Lipinski definition) is 1. The van der Waals surface area contributed by atoms with Crippen molar-refractivity contribution < 1.29 is 5.11 Å². The van der Waals surface area contributed by atoms with Gasteiger partial charge in [-0.05, 0) is 12.1 Å². The molecule has 1 unspecified atom stereocenters. The van der Waals surface area contributed by atoms with Gasteiger partial charge in [0.15, 0.2) is 0 Å². The van der Waals surface area contributed by atoms with Crippen LogP contribution in [-0.4, -0.2) is 18.5 Å². The van der Waals surface area contributed by atoms with Crippen LogP contribution in [0.2, 0.25) is 40.8 Å². The van der Waals surface area contributed by atoms with Gasteiger partial charge in [-0.1, -0.05) is 76.4 Å².